The van der Waals surface area contributed by atoms with Crippen LogP contribution in [-0.4, -0.2) is 40.2 Å². The van der Waals surface area contributed by atoms with Gasteiger partial charge in [0.05, 0.1) is 11.8 Å². The molecule has 0 aliphatic rings. The maximum Gasteiger partial charge on any atom is 0.253 e. The van der Waals surface area contributed by atoms with Crippen molar-refractivity contribution < 1.29 is 17.2 Å². The number of halogens is 2. The first-order valence-corrected chi connectivity index (χ1v) is 5.47. The Kier molecular flexibility index (Phi) is 5.34. The first-order valence-electron chi connectivity index (χ1n) is 3.82. The van der Waals surface area contributed by atoms with Gasteiger partial charge in [-0.05, 0) is 14.0 Å². The van der Waals surface area contributed by atoms with E-state index in [1.165, 1.54) is 14.0 Å². The van der Waals surface area contributed by atoms with Gasteiger partial charge in [-0.15, -0.1) is 0 Å². The van der Waals surface area contributed by atoms with Gasteiger partial charge >= 0.3 is 0 Å². The second-order valence-corrected chi connectivity index (χ2v) is 4.65. The highest BCUT2D eigenvalue weighted by Crippen LogP contribution is 1.98. The summed E-state index contributed by atoms with van der Waals surface area (Å²) in [6, 6.07) is -0.980. The van der Waals surface area contributed by atoms with Crippen LogP contribution >= 0.6 is 0 Å². The summed E-state index contributed by atoms with van der Waals surface area (Å²) in [5.74, 6) is -0.194. The van der Waals surface area contributed by atoms with Crippen LogP contribution < -0.4 is 10.0 Å². The van der Waals surface area contributed by atoms with Crippen molar-refractivity contribution in [1.82, 2.24) is 10.0 Å². The van der Waals surface area contributed by atoms with E-state index in [0.717, 1.165) is 0 Å². The Labute approximate surface area is 76.8 Å². The fourth-order valence-corrected chi connectivity index (χ4v) is 1.20. The molecule has 0 aliphatic carbocycles. The molecular formula is C6H14F2N2O2S. The Balaban J connectivity index is 3.69. The van der Waals surface area contributed by atoms with Crippen molar-refractivity contribution in [1.29, 1.82) is 0 Å². The van der Waals surface area contributed by atoms with Gasteiger partial charge in [-0.3, -0.25) is 0 Å². The molecule has 13 heavy (non-hydrogen) atoms. The second kappa shape index (κ2) is 5.46. The van der Waals surface area contributed by atoms with Crippen molar-refractivity contribution in [2.75, 3.05) is 19.3 Å². The van der Waals surface area contributed by atoms with Crippen LogP contribution in [0.4, 0.5) is 8.78 Å². The second-order valence-electron chi connectivity index (χ2n) is 2.60. The molecule has 0 heterocycles. The van der Waals surface area contributed by atoms with Crippen molar-refractivity contribution in [3.63, 3.8) is 0 Å². The molecule has 0 radical (unpaired) electrons. The molecule has 0 bridgehead atoms. The molecule has 80 valence electrons. The highest BCUT2D eigenvalue weighted by molar-refractivity contribution is 7.89. The van der Waals surface area contributed by atoms with E-state index in [-0.39, 0.29) is 12.3 Å². The zero-order valence-corrected chi connectivity index (χ0v) is 8.37. The molecule has 0 saturated carbocycles. The fraction of sp³-hybridized carbons (Fsp3) is 1.00. The Morgan fingerprint density at radius 3 is 2.31 bits per heavy atom. The van der Waals surface area contributed by atoms with E-state index in [1.807, 2.05) is 0 Å². The van der Waals surface area contributed by atoms with Crippen LogP contribution in [0.1, 0.15) is 6.92 Å². The van der Waals surface area contributed by atoms with Crippen LogP contribution in [0, 0.1) is 0 Å². The highest BCUT2D eigenvalue weighted by Gasteiger charge is 2.14. The Hall–Kier alpha value is -0.270. The number of hydrogen-bond acceptors (Lipinski definition) is 3. The smallest absolute Gasteiger partial charge is 0.253 e. The van der Waals surface area contributed by atoms with Crippen LogP contribution in [0.25, 0.3) is 0 Å². The predicted octanol–water partition coefficient (Wildman–Crippen LogP) is -0.221. The lowest BCUT2D eigenvalue weighted by Gasteiger charge is -2.11. The topological polar surface area (TPSA) is 58.2 Å². The van der Waals surface area contributed by atoms with E-state index < -0.39 is 22.5 Å². The molecule has 0 amide bonds. The predicted molar refractivity (Wildman–Crippen MR) is 46.3 cm³/mol. The summed E-state index contributed by atoms with van der Waals surface area (Å²) < 4.78 is 47.5. The Morgan fingerprint density at radius 2 is 1.92 bits per heavy atom. The SMILES string of the molecule is CNS(=O)(=O)CCNC(C)C(F)F. The van der Waals surface area contributed by atoms with E-state index in [0.29, 0.717) is 0 Å². The minimum atomic E-state index is -3.30. The Bertz CT molecular complexity index is 231. The molecule has 1 atom stereocenters. The first kappa shape index (κ1) is 12.7. The van der Waals surface area contributed by atoms with E-state index in [2.05, 4.69) is 10.0 Å². The monoisotopic (exact) mass is 216 g/mol. The number of rotatable bonds is 6. The van der Waals surface area contributed by atoms with Crippen LogP contribution in [0.5, 0.6) is 0 Å². The van der Waals surface area contributed by atoms with Gasteiger partial charge in [0, 0.05) is 6.54 Å². The van der Waals surface area contributed by atoms with Crippen molar-refractivity contribution in [2.45, 2.75) is 19.4 Å². The minimum Gasteiger partial charge on any atom is -0.308 e. The molecule has 0 aromatic rings. The summed E-state index contributed by atoms with van der Waals surface area (Å²) in [6.07, 6.45) is -2.47. The Morgan fingerprint density at radius 1 is 1.38 bits per heavy atom. The normalized spacial score (nSPS) is 14.8. The van der Waals surface area contributed by atoms with Crippen molar-refractivity contribution in [2.24, 2.45) is 0 Å². The number of alkyl halides is 2. The molecule has 7 heteroatoms. The fourth-order valence-electron chi connectivity index (χ4n) is 0.612. The number of hydrogen-bond donors (Lipinski definition) is 2. The van der Waals surface area contributed by atoms with Crippen LogP contribution in [0.3, 0.4) is 0 Å². The lowest BCUT2D eigenvalue weighted by molar-refractivity contribution is 0.107. The molecule has 1 unspecified atom stereocenters. The van der Waals surface area contributed by atoms with Crippen molar-refractivity contribution in [3.8, 4) is 0 Å². The molecule has 0 rings (SSSR count). The third-order valence-corrected chi connectivity index (χ3v) is 2.89. The van der Waals surface area contributed by atoms with E-state index in [4.69, 9.17) is 0 Å². The summed E-state index contributed by atoms with van der Waals surface area (Å²) in [4.78, 5) is 0. The summed E-state index contributed by atoms with van der Waals surface area (Å²) in [5.41, 5.74) is 0. The first-order chi connectivity index (χ1) is 5.89. The molecule has 0 saturated heterocycles. The quantitative estimate of drug-likeness (QED) is 0.645. The average molecular weight is 216 g/mol. The molecule has 4 nitrogen and oxygen atoms in total. The number of nitrogens with one attached hydrogen (secondary N) is 2. The summed E-state index contributed by atoms with van der Waals surface area (Å²) in [7, 11) is -2.01. The van der Waals surface area contributed by atoms with Gasteiger partial charge in [0.2, 0.25) is 10.0 Å². The largest absolute Gasteiger partial charge is 0.308 e. The van der Waals surface area contributed by atoms with Gasteiger partial charge < -0.3 is 5.32 Å². The molecule has 2 N–H and O–H groups in total. The van der Waals surface area contributed by atoms with Crippen LogP contribution in [0.15, 0.2) is 0 Å². The van der Waals surface area contributed by atoms with Crippen LogP contribution in [-0.2, 0) is 10.0 Å². The van der Waals surface area contributed by atoms with Gasteiger partial charge in [-0.1, -0.05) is 0 Å². The molecule has 0 aromatic heterocycles. The van der Waals surface area contributed by atoms with E-state index >= 15 is 0 Å². The highest BCUT2D eigenvalue weighted by atomic mass is 32.2. The summed E-state index contributed by atoms with van der Waals surface area (Å²) >= 11 is 0. The standard InChI is InChI=1S/C6H14F2N2O2S/c1-5(6(7)8)10-3-4-13(11,12)9-2/h5-6,9-10H,3-4H2,1-2H3. The van der Waals surface area contributed by atoms with Crippen LogP contribution in [0.2, 0.25) is 0 Å². The molecule has 0 aliphatic heterocycles. The third-order valence-electron chi connectivity index (χ3n) is 1.53. The average Bonchev–Trinajstić information content (AvgIpc) is 2.04. The zero-order valence-electron chi connectivity index (χ0n) is 7.55. The maximum atomic E-state index is 11.9. The van der Waals surface area contributed by atoms with Gasteiger partial charge in [0.15, 0.2) is 0 Å². The third kappa shape index (κ3) is 5.89. The van der Waals surface area contributed by atoms with E-state index in [1.54, 1.807) is 0 Å². The van der Waals surface area contributed by atoms with Crippen molar-refractivity contribution in [3.05, 3.63) is 0 Å². The molecule has 0 aromatic carbocycles. The summed E-state index contributed by atoms with van der Waals surface area (Å²) in [6.45, 7) is 1.32. The van der Waals surface area contributed by atoms with Gasteiger partial charge in [-0.2, -0.15) is 0 Å². The maximum absolute atomic E-state index is 11.9. The van der Waals surface area contributed by atoms with Gasteiger partial charge in [-0.25, -0.2) is 21.9 Å². The lowest BCUT2D eigenvalue weighted by atomic mass is 10.3. The molecular weight excluding hydrogens is 202 g/mol. The summed E-state index contributed by atoms with van der Waals surface area (Å²) in [5, 5.41) is 2.40. The van der Waals surface area contributed by atoms with Gasteiger partial charge in [0.25, 0.3) is 6.43 Å². The number of sulfonamides is 1. The lowest BCUT2D eigenvalue weighted by Crippen LogP contribution is -2.37. The molecule has 0 fully saturated rings. The van der Waals surface area contributed by atoms with Gasteiger partial charge in [0.1, 0.15) is 0 Å². The molecule has 0 spiro atoms. The minimum absolute atomic E-state index is 0.0225. The van der Waals surface area contributed by atoms with E-state index in [9.17, 15) is 17.2 Å². The van der Waals surface area contributed by atoms with Crippen molar-refractivity contribution >= 4 is 10.0 Å². The zero-order chi connectivity index (χ0) is 10.5.